The van der Waals surface area contributed by atoms with Crippen LogP contribution in [0.1, 0.15) is 19.3 Å². The SMILES string of the molecule is CN1CCCCC1Cn1c(=S)[nH]c2cc(F)ccc21. The molecule has 1 aliphatic heterocycles. The molecule has 19 heavy (non-hydrogen) atoms. The number of piperidine rings is 1. The highest BCUT2D eigenvalue weighted by Gasteiger charge is 2.20. The Bertz CT molecular complexity index is 646. The van der Waals surface area contributed by atoms with Crippen molar-refractivity contribution in [3.05, 3.63) is 28.8 Å². The molecular weight excluding hydrogens is 261 g/mol. The second-order valence-electron chi connectivity index (χ2n) is 5.33. The van der Waals surface area contributed by atoms with Gasteiger partial charge in [0.15, 0.2) is 4.77 Å². The molecule has 5 heteroatoms. The molecule has 0 radical (unpaired) electrons. The molecule has 2 heterocycles. The average Bonchev–Trinajstić information content (AvgIpc) is 2.68. The van der Waals surface area contributed by atoms with Crippen LogP contribution in [0.5, 0.6) is 0 Å². The molecule has 102 valence electrons. The molecule has 1 N–H and O–H groups in total. The molecule has 1 aromatic heterocycles. The number of aromatic nitrogens is 2. The van der Waals surface area contributed by atoms with Crippen LogP contribution in [0.15, 0.2) is 18.2 Å². The lowest BCUT2D eigenvalue weighted by atomic mass is 10.0. The van der Waals surface area contributed by atoms with Crippen molar-refractivity contribution in [2.45, 2.75) is 31.8 Å². The quantitative estimate of drug-likeness (QED) is 0.853. The van der Waals surface area contributed by atoms with Crippen molar-refractivity contribution in [2.24, 2.45) is 0 Å². The van der Waals surface area contributed by atoms with Crippen LogP contribution in [0.2, 0.25) is 0 Å². The summed E-state index contributed by atoms with van der Waals surface area (Å²) in [7, 11) is 2.17. The number of rotatable bonds is 2. The number of fused-ring (bicyclic) bond motifs is 1. The first-order valence-corrected chi connectivity index (χ1v) is 7.14. The zero-order valence-electron chi connectivity index (χ0n) is 11.0. The third-order valence-electron chi connectivity index (χ3n) is 4.05. The molecule has 1 fully saturated rings. The number of imidazole rings is 1. The van der Waals surface area contributed by atoms with Crippen LogP contribution in [0.4, 0.5) is 4.39 Å². The van der Waals surface area contributed by atoms with E-state index in [2.05, 4.69) is 21.5 Å². The van der Waals surface area contributed by atoms with Gasteiger partial charge in [-0.2, -0.15) is 0 Å². The summed E-state index contributed by atoms with van der Waals surface area (Å²) in [6, 6.07) is 5.32. The Hall–Kier alpha value is -1.20. The Morgan fingerprint density at radius 2 is 2.26 bits per heavy atom. The summed E-state index contributed by atoms with van der Waals surface area (Å²) in [6.45, 7) is 2.02. The fourth-order valence-electron chi connectivity index (χ4n) is 2.90. The molecule has 0 bridgehead atoms. The predicted octanol–water partition coefficient (Wildman–Crippen LogP) is 3.32. The molecule has 0 spiro atoms. The van der Waals surface area contributed by atoms with Gasteiger partial charge in [-0.15, -0.1) is 0 Å². The predicted molar refractivity (Wildman–Crippen MR) is 77.3 cm³/mol. The molecule has 0 amide bonds. The van der Waals surface area contributed by atoms with E-state index in [4.69, 9.17) is 12.2 Å². The Morgan fingerprint density at radius 1 is 1.42 bits per heavy atom. The minimum atomic E-state index is -0.231. The van der Waals surface area contributed by atoms with Gasteiger partial charge in [0, 0.05) is 12.6 Å². The number of likely N-dealkylation sites (N-methyl/N-ethyl adjacent to an activating group) is 1. The van der Waals surface area contributed by atoms with Crippen LogP contribution < -0.4 is 0 Å². The number of H-pyrrole nitrogens is 1. The highest BCUT2D eigenvalue weighted by molar-refractivity contribution is 7.71. The summed E-state index contributed by atoms with van der Waals surface area (Å²) in [6.07, 6.45) is 3.75. The zero-order chi connectivity index (χ0) is 13.4. The van der Waals surface area contributed by atoms with Crippen LogP contribution in [0.3, 0.4) is 0 Å². The second-order valence-corrected chi connectivity index (χ2v) is 5.72. The third-order valence-corrected chi connectivity index (χ3v) is 4.37. The van der Waals surface area contributed by atoms with E-state index in [1.807, 2.05) is 0 Å². The highest BCUT2D eigenvalue weighted by atomic mass is 32.1. The topological polar surface area (TPSA) is 24.0 Å². The highest BCUT2D eigenvalue weighted by Crippen LogP contribution is 2.21. The number of benzene rings is 1. The molecule has 0 saturated carbocycles. The minimum absolute atomic E-state index is 0.231. The van der Waals surface area contributed by atoms with Crippen molar-refractivity contribution in [2.75, 3.05) is 13.6 Å². The van der Waals surface area contributed by atoms with Crippen molar-refractivity contribution in [1.82, 2.24) is 14.5 Å². The normalized spacial score (nSPS) is 21.1. The maximum atomic E-state index is 13.2. The standard InChI is InChI=1S/C14H18FN3S/c1-17-7-3-2-4-11(17)9-18-13-6-5-10(15)8-12(13)16-14(18)19/h5-6,8,11H,2-4,7,9H2,1H3,(H,16,19). The van der Waals surface area contributed by atoms with Gasteiger partial charge in [-0.3, -0.25) is 0 Å². The molecule has 1 aliphatic rings. The number of nitrogens with zero attached hydrogens (tertiary/aromatic N) is 2. The van der Waals surface area contributed by atoms with Crippen LogP contribution in [0.25, 0.3) is 11.0 Å². The Balaban J connectivity index is 1.96. The molecule has 1 aromatic carbocycles. The smallest absolute Gasteiger partial charge is 0.178 e. The first-order valence-electron chi connectivity index (χ1n) is 6.73. The molecule has 3 nitrogen and oxygen atoms in total. The van der Waals surface area contributed by atoms with Gasteiger partial charge in [0.2, 0.25) is 0 Å². The monoisotopic (exact) mass is 279 g/mol. The van der Waals surface area contributed by atoms with E-state index in [0.29, 0.717) is 10.8 Å². The van der Waals surface area contributed by atoms with E-state index in [1.165, 1.54) is 31.4 Å². The Labute approximate surface area is 117 Å². The summed E-state index contributed by atoms with van der Waals surface area (Å²) in [4.78, 5) is 5.49. The van der Waals surface area contributed by atoms with Crippen LogP contribution in [-0.2, 0) is 6.54 Å². The number of halogens is 1. The number of nitrogens with one attached hydrogen (secondary N) is 1. The lowest BCUT2D eigenvalue weighted by molar-refractivity contribution is 0.168. The zero-order valence-corrected chi connectivity index (χ0v) is 11.8. The lowest BCUT2D eigenvalue weighted by Crippen LogP contribution is -2.39. The van der Waals surface area contributed by atoms with E-state index >= 15 is 0 Å². The first-order chi connectivity index (χ1) is 9.15. The Kier molecular flexibility index (Phi) is 3.41. The number of hydrogen-bond donors (Lipinski definition) is 1. The van der Waals surface area contributed by atoms with Gasteiger partial charge in [0.25, 0.3) is 0 Å². The van der Waals surface area contributed by atoms with Crippen molar-refractivity contribution in [3.8, 4) is 0 Å². The molecule has 1 unspecified atom stereocenters. The number of aromatic amines is 1. The van der Waals surface area contributed by atoms with Crippen LogP contribution in [-0.4, -0.2) is 34.1 Å². The van der Waals surface area contributed by atoms with E-state index in [-0.39, 0.29) is 5.82 Å². The van der Waals surface area contributed by atoms with Crippen LogP contribution >= 0.6 is 12.2 Å². The van der Waals surface area contributed by atoms with Gasteiger partial charge in [0.1, 0.15) is 5.82 Å². The van der Waals surface area contributed by atoms with Crippen molar-refractivity contribution >= 4 is 23.3 Å². The average molecular weight is 279 g/mol. The van der Waals surface area contributed by atoms with Crippen molar-refractivity contribution in [3.63, 3.8) is 0 Å². The van der Waals surface area contributed by atoms with E-state index < -0.39 is 0 Å². The lowest BCUT2D eigenvalue weighted by Gasteiger charge is -2.32. The maximum Gasteiger partial charge on any atom is 0.178 e. The van der Waals surface area contributed by atoms with Crippen molar-refractivity contribution in [1.29, 1.82) is 0 Å². The summed E-state index contributed by atoms with van der Waals surface area (Å²) < 4.78 is 16.0. The van der Waals surface area contributed by atoms with Crippen molar-refractivity contribution < 1.29 is 4.39 Å². The van der Waals surface area contributed by atoms with Gasteiger partial charge in [-0.05, 0) is 56.9 Å². The fraction of sp³-hybridized carbons (Fsp3) is 0.500. The largest absolute Gasteiger partial charge is 0.330 e. The maximum absolute atomic E-state index is 13.2. The van der Waals surface area contributed by atoms with Gasteiger partial charge in [0.05, 0.1) is 11.0 Å². The number of hydrogen-bond acceptors (Lipinski definition) is 2. The second kappa shape index (κ2) is 5.06. The number of likely N-dealkylation sites (tertiary alicyclic amines) is 1. The third kappa shape index (κ3) is 2.44. The molecule has 1 saturated heterocycles. The van der Waals surface area contributed by atoms with Gasteiger partial charge >= 0.3 is 0 Å². The molecule has 2 aromatic rings. The van der Waals surface area contributed by atoms with E-state index in [1.54, 1.807) is 6.07 Å². The molecular formula is C14H18FN3S. The fourth-order valence-corrected chi connectivity index (χ4v) is 3.19. The summed E-state index contributed by atoms with van der Waals surface area (Å²) >= 11 is 5.37. The Morgan fingerprint density at radius 3 is 3.05 bits per heavy atom. The van der Waals surface area contributed by atoms with Gasteiger partial charge in [-0.25, -0.2) is 4.39 Å². The molecule has 0 aliphatic carbocycles. The summed E-state index contributed by atoms with van der Waals surface area (Å²) in [5, 5.41) is 0. The first kappa shape index (κ1) is 12.8. The molecule has 1 atom stereocenters. The summed E-state index contributed by atoms with van der Waals surface area (Å²) in [5.41, 5.74) is 1.77. The summed E-state index contributed by atoms with van der Waals surface area (Å²) in [5.74, 6) is -0.231. The van der Waals surface area contributed by atoms with Gasteiger partial charge in [-0.1, -0.05) is 6.42 Å². The van der Waals surface area contributed by atoms with E-state index in [0.717, 1.165) is 24.1 Å². The minimum Gasteiger partial charge on any atom is -0.330 e. The van der Waals surface area contributed by atoms with Gasteiger partial charge < -0.3 is 14.5 Å². The van der Waals surface area contributed by atoms with Crippen LogP contribution in [0, 0.1) is 10.6 Å². The molecule has 3 rings (SSSR count). The van der Waals surface area contributed by atoms with E-state index in [9.17, 15) is 4.39 Å².